The molecule has 0 spiro atoms. The fourth-order valence-electron chi connectivity index (χ4n) is 3.16. The SMILES string of the molecule is CCCC(NC(=O)C1CCC(C(C)(C)C)CC1)C(N)=NO. The number of nitrogens with two attached hydrogens (primary N) is 1. The smallest absolute Gasteiger partial charge is 0.223 e. The Balaban J connectivity index is 2.53. The second-order valence-corrected chi connectivity index (χ2v) is 7.29. The van der Waals surface area contributed by atoms with Crippen LogP contribution in [-0.2, 0) is 4.79 Å². The van der Waals surface area contributed by atoms with Crippen molar-refractivity contribution >= 4 is 11.7 Å². The van der Waals surface area contributed by atoms with Gasteiger partial charge in [-0.1, -0.05) is 39.3 Å². The topological polar surface area (TPSA) is 87.7 Å². The van der Waals surface area contributed by atoms with Crippen LogP contribution in [0.5, 0.6) is 0 Å². The van der Waals surface area contributed by atoms with Gasteiger partial charge < -0.3 is 16.3 Å². The van der Waals surface area contributed by atoms with Crippen LogP contribution in [0.1, 0.15) is 66.2 Å². The minimum absolute atomic E-state index is 0.0485. The summed E-state index contributed by atoms with van der Waals surface area (Å²) >= 11 is 0. The number of amides is 1. The molecule has 1 aliphatic rings. The van der Waals surface area contributed by atoms with Gasteiger partial charge >= 0.3 is 0 Å². The van der Waals surface area contributed by atoms with E-state index in [0.29, 0.717) is 17.8 Å². The maximum absolute atomic E-state index is 12.4. The van der Waals surface area contributed by atoms with Gasteiger partial charge in [-0.3, -0.25) is 4.79 Å². The summed E-state index contributed by atoms with van der Waals surface area (Å²) < 4.78 is 0. The first-order valence-electron chi connectivity index (χ1n) is 8.07. The van der Waals surface area contributed by atoms with Gasteiger partial charge in [0.1, 0.15) is 0 Å². The van der Waals surface area contributed by atoms with Crippen molar-refractivity contribution in [2.24, 2.45) is 28.1 Å². The average Bonchev–Trinajstić information content (AvgIpc) is 2.45. The Morgan fingerprint density at radius 2 is 1.90 bits per heavy atom. The molecule has 0 aromatic rings. The lowest BCUT2D eigenvalue weighted by Crippen LogP contribution is -2.47. The van der Waals surface area contributed by atoms with Crippen molar-refractivity contribution in [1.29, 1.82) is 0 Å². The fraction of sp³-hybridized carbons (Fsp3) is 0.875. The normalized spacial score (nSPS) is 25.4. The highest BCUT2D eigenvalue weighted by Crippen LogP contribution is 2.39. The lowest BCUT2D eigenvalue weighted by Gasteiger charge is -2.36. The van der Waals surface area contributed by atoms with Gasteiger partial charge in [-0.25, -0.2) is 0 Å². The summed E-state index contributed by atoms with van der Waals surface area (Å²) in [6, 6.07) is -0.354. The van der Waals surface area contributed by atoms with Gasteiger partial charge in [0.05, 0.1) is 6.04 Å². The maximum atomic E-state index is 12.4. The molecule has 1 aliphatic carbocycles. The summed E-state index contributed by atoms with van der Waals surface area (Å²) in [6.45, 7) is 8.83. The van der Waals surface area contributed by atoms with Crippen LogP contribution >= 0.6 is 0 Å². The van der Waals surface area contributed by atoms with Gasteiger partial charge in [0.2, 0.25) is 5.91 Å². The van der Waals surface area contributed by atoms with Crippen LogP contribution in [0.3, 0.4) is 0 Å². The Morgan fingerprint density at radius 3 is 2.33 bits per heavy atom. The van der Waals surface area contributed by atoms with Crippen LogP contribution in [0.15, 0.2) is 5.16 Å². The fourth-order valence-corrected chi connectivity index (χ4v) is 3.16. The number of rotatable bonds is 5. The molecule has 0 aromatic heterocycles. The Hall–Kier alpha value is -1.26. The first-order valence-corrected chi connectivity index (χ1v) is 8.07. The number of nitrogens with zero attached hydrogens (tertiary/aromatic N) is 1. The number of nitrogens with one attached hydrogen (secondary N) is 1. The molecule has 1 fully saturated rings. The van der Waals surface area contributed by atoms with E-state index < -0.39 is 0 Å². The zero-order chi connectivity index (χ0) is 16.0. The monoisotopic (exact) mass is 297 g/mol. The Kier molecular flexibility index (Phi) is 6.49. The molecule has 0 heterocycles. The number of oxime groups is 1. The molecule has 0 bridgehead atoms. The van der Waals surface area contributed by atoms with E-state index in [4.69, 9.17) is 10.9 Å². The quantitative estimate of drug-likeness (QED) is 0.315. The number of amidine groups is 1. The average molecular weight is 297 g/mol. The molecular weight excluding hydrogens is 266 g/mol. The van der Waals surface area contributed by atoms with E-state index >= 15 is 0 Å². The van der Waals surface area contributed by atoms with Crippen LogP contribution in [-0.4, -0.2) is 23.0 Å². The third kappa shape index (κ3) is 5.21. The van der Waals surface area contributed by atoms with Crippen LogP contribution in [0.2, 0.25) is 0 Å². The van der Waals surface area contributed by atoms with Crippen LogP contribution < -0.4 is 11.1 Å². The molecule has 5 heteroatoms. The molecule has 1 saturated carbocycles. The summed E-state index contributed by atoms with van der Waals surface area (Å²) in [7, 11) is 0. The molecule has 1 rings (SSSR count). The summed E-state index contributed by atoms with van der Waals surface area (Å²) in [6.07, 6.45) is 5.63. The molecule has 0 saturated heterocycles. The van der Waals surface area contributed by atoms with E-state index in [1.165, 1.54) is 0 Å². The number of hydrogen-bond acceptors (Lipinski definition) is 3. The van der Waals surface area contributed by atoms with Crippen molar-refractivity contribution in [3.05, 3.63) is 0 Å². The molecule has 0 radical (unpaired) electrons. The summed E-state index contributed by atoms with van der Waals surface area (Å²) in [5.41, 5.74) is 5.97. The Labute approximate surface area is 128 Å². The van der Waals surface area contributed by atoms with Crippen molar-refractivity contribution in [2.45, 2.75) is 72.3 Å². The van der Waals surface area contributed by atoms with E-state index in [9.17, 15) is 4.79 Å². The molecule has 0 aliphatic heterocycles. The molecule has 0 aromatic carbocycles. The first kappa shape index (κ1) is 17.8. The van der Waals surface area contributed by atoms with Gasteiger partial charge in [0, 0.05) is 5.92 Å². The van der Waals surface area contributed by atoms with Crippen molar-refractivity contribution in [3.63, 3.8) is 0 Å². The van der Waals surface area contributed by atoms with Crippen LogP contribution in [0, 0.1) is 17.3 Å². The van der Waals surface area contributed by atoms with Crippen molar-refractivity contribution in [2.75, 3.05) is 0 Å². The van der Waals surface area contributed by atoms with E-state index in [1.807, 2.05) is 6.92 Å². The highest BCUT2D eigenvalue weighted by molar-refractivity contribution is 5.90. The molecule has 1 unspecified atom stereocenters. The lowest BCUT2D eigenvalue weighted by molar-refractivity contribution is -0.126. The standard InChI is InChI=1S/C16H31N3O2/c1-5-6-13(14(17)19-21)18-15(20)11-7-9-12(10-8-11)16(2,3)4/h11-13,21H,5-10H2,1-4H3,(H2,17,19)(H,18,20). The molecule has 122 valence electrons. The Bertz CT molecular complexity index is 366. The molecule has 4 N–H and O–H groups in total. The third-order valence-corrected chi connectivity index (χ3v) is 4.69. The highest BCUT2D eigenvalue weighted by Gasteiger charge is 2.33. The van der Waals surface area contributed by atoms with E-state index in [1.54, 1.807) is 0 Å². The van der Waals surface area contributed by atoms with Gasteiger partial charge in [-0.2, -0.15) is 0 Å². The second-order valence-electron chi connectivity index (χ2n) is 7.29. The highest BCUT2D eigenvalue weighted by atomic mass is 16.4. The largest absolute Gasteiger partial charge is 0.409 e. The van der Waals surface area contributed by atoms with Gasteiger partial charge in [0.15, 0.2) is 5.84 Å². The predicted octanol–water partition coefficient (Wildman–Crippen LogP) is 2.87. The third-order valence-electron chi connectivity index (χ3n) is 4.69. The van der Waals surface area contributed by atoms with Gasteiger partial charge in [-0.05, 0) is 43.4 Å². The molecule has 21 heavy (non-hydrogen) atoms. The second kappa shape index (κ2) is 7.66. The van der Waals surface area contributed by atoms with Crippen LogP contribution in [0.4, 0.5) is 0 Å². The van der Waals surface area contributed by atoms with Crippen molar-refractivity contribution in [3.8, 4) is 0 Å². The predicted molar refractivity (Wildman–Crippen MR) is 85.2 cm³/mol. The Morgan fingerprint density at radius 1 is 1.33 bits per heavy atom. The minimum Gasteiger partial charge on any atom is -0.409 e. The van der Waals surface area contributed by atoms with Gasteiger partial charge in [-0.15, -0.1) is 0 Å². The lowest BCUT2D eigenvalue weighted by atomic mass is 9.69. The van der Waals surface area contributed by atoms with E-state index in [2.05, 4.69) is 31.2 Å². The van der Waals surface area contributed by atoms with E-state index in [-0.39, 0.29) is 23.7 Å². The van der Waals surface area contributed by atoms with Crippen LogP contribution in [0.25, 0.3) is 0 Å². The number of hydrogen-bond donors (Lipinski definition) is 3. The minimum atomic E-state index is -0.354. The summed E-state index contributed by atoms with van der Waals surface area (Å²) in [4.78, 5) is 12.4. The molecule has 1 atom stereocenters. The van der Waals surface area contributed by atoms with E-state index in [0.717, 1.165) is 32.1 Å². The number of carbonyl (C=O) groups excluding carboxylic acids is 1. The summed E-state index contributed by atoms with van der Waals surface area (Å²) in [5, 5.41) is 14.8. The van der Waals surface area contributed by atoms with Gasteiger partial charge in [0.25, 0.3) is 0 Å². The zero-order valence-electron chi connectivity index (χ0n) is 13.9. The molecule has 5 nitrogen and oxygen atoms in total. The maximum Gasteiger partial charge on any atom is 0.223 e. The van der Waals surface area contributed by atoms with Crippen molar-refractivity contribution < 1.29 is 10.0 Å². The number of carbonyl (C=O) groups is 1. The zero-order valence-corrected chi connectivity index (χ0v) is 13.9. The first-order chi connectivity index (χ1) is 9.79. The molecule has 1 amide bonds. The van der Waals surface area contributed by atoms with Crippen molar-refractivity contribution in [1.82, 2.24) is 5.32 Å². The molecular formula is C16H31N3O2. The summed E-state index contributed by atoms with van der Waals surface area (Å²) in [5.74, 6) is 0.896.